The first-order valence-electron chi connectivity index (χ1n) is 11.7. The van der Waals surface area contributed by atoms with E-state index >= 15 is 0 Å². The molecular formula is C25H32Cl2FN3O4S. The smallest absolute Gasteiger partial charge is 0.242 e. The molecule has 0 aliphatic carbocycles. The van der Waals surface area contributed by atoms with Crippen LogP contribution in [0.3, 0.4) is 0 Å². The molecule has 2 rings (SSSR count). The standard InChI is InChI=1S/C25H32Cl2FN3O4S/c1-4-5-14-29-25(33)18(2)30(17-19-8-11-21(28)12-9-19)24(32)7-6-15-31(36(3,34)35)23-16-20(26)10-13-22(23)27/h8-13,16,18H,4-7,14-15,17H2,1-3H3,(H,29,33). The van der Waals surface area contributed by atoms with Crippen LogP contribution in [-0.4, -0.2) is 50.5 Å². The van der Waals surface area contributed by atoms with Crippen LogP contribution in [0.25, 0.3) is 0 Å². The number of hydrogen-bond acceptors (Lipinski definition) is 4. The Hall–Kier alpha value is -2.36. The third-order valence-corrected chi connectivity index (χ3v) is 7.33. The Labute approximate surface area is 222 Å². The van der Waals surface area contributed by atoms with Crippen LogP contribution >= 0.6 is 23.2 Å². The highest BCUT2D eigenvalue weighted by molar-refractivity contribution is 7.92. The van der Waals surface area contributed by atoms with Crippen molar-refractivity contribution < 1.29 is 22.4 Å². The zero-order valence-corrected chi connectivity index (χ0v) is 23.0. The van der Waals surface area contributed by atoms with Crippen LogP contribution in [0.2, 0.25) is 10.0 Å². The molecule has 0 saturated heterocycles. The molecule has 0 aliphatic heterocycles. The van der Waals surface area contributed by atoms with Gasteiger partial charge in [-0.05, 0) is 55.7 Å². The molecule has 198 valence electrons. The van der Waals surface area contributed by atoms with Crippen molar-refractivity contribution in [2.75, 3.05) is 23.7 Å². The Morgan fingerprint density at radius 2 is 1.75 bits per heavy atom. The van der Waals surface area contributed by atoms with Gasteiger partial charge in [0, 0.05) is 31.1 Å². The van der Waals surface area contributed by atoms with E-state index in [0.29, 0.717) is 17.1 Å². The summed E-state index contributed by atoms with van der Waals surface area (Å²) < 4.78 is 39.4. The van der Waals surface area contributed by atoms with E-state index in [9.17, 15) is 22.4 Å². The van der Waals surface area contributed by atoms with E-state index in [2.05, 4.69) is 5.32 Å². The van der Waals surface area contributed by atoms with Crippen LogP contribution in [0.4, 0.5) is 10.1 Å². The van der Waals surface area contributed by atoms with Crippen molar-refractivity contribution in [3.63, 3.8) is 0 Å². The van der Waals surface area contributed by atoms with E-state index in [-0.39, 0.29) is 48.5 Å². The van der Waals surface area contributed by atoms with Crippen molar-refractivity contribution in [2.24, 2.45) is 0 Å². The van der Waals surface area contributed by atoms with Gasteiger partial charge in [-0.1, -0.05) is 48.7 Å². The predicted molar refractivity (Wildman–Crippen MR) is 142 cm³/mol. The van der Waals surface area contributed by atoms with Crippen molar-refractivity contribution in [1.82, 2.24) is 10.2 Å². The third-order valence-electron chi connectivity index (χ3n) is 5.59. The fourth-order valence-corrected chi connectivity index (χ4v) is 4.97. The number of carbonyl (C=O) groups excluding carboxylic acids is 2. The van der Waals surface area contributed by atoms with E-state index in [1.807, 2.05) is 6.92 Å². The van der Waals surface area contributed by atoms with Gasteiger partial charge < -0.3 is 10.2 Å². The van der Waals surface area contributed by atoms with Gasteiger partial charge >= 0.3 is 0 Å². The molecule has 1 unspecified atom stereocenters. The minimum absolute atomic E-state index is 0.00784. The zero-order chi connectivity index (χ0) is 26.9. The Balaban J connectivity index is 2.17. The maximum atomic E-state index is 13.4. The summed E-state index contributed by atoms with van der Waals surface area (Å²) in [5.41, 5.74) is 0.896. The summed E-state index contributed by atoms with van der Waals surface area (Å²) in [6, 6.07) is 9.45. The molecule has 2 amide bonds. The van der Waals surface area contributed by atoms with Gasteiger partial charge in [-0.3, -0.25) is 13.9 Å². The maximum absolute atomic E-state index is 13.4. The predicted octanol–water partition coefficient (Wildman–Crippen LogP) is 5.01. The average Bonchev–Trinajstić information content (AvgIpc) is 2.82. The lowest BCUT2D eigenvalue weighted by Crippen LogP contribution is -2.48. The van der Waals surface area contributed by atoms with Crippen molar-refractivity contribution in [1.29, 1.82) is 0 Å². The second-order valence-electron chi connectivity index (χ2n) is 8.50. The van der Waals surface area contributed by atoms with Gasteiger partial charge in [0.15, 0.2) is 0 Å². The highest BCUT2D eigenvalue weighted by Crippen LogP contribution is 2.31. The van der Waals surface area contributed by atoms with E-state index in [1.54, 1.807) is 25.1 Å². The number of anilines is 1. The second kappa shape index (κ2) is 13.8. The van der Waals surface area contributed by atoms with E-state index in [4.69, 9.17) is 23.2 Å². The van der Waals surface area contributed by atoms with Crippen molar-refractivity contribution in [3.05, 3.63) is 63.9 Å². The van der Waals surface area contributed by atoms with E-state index < -0.39 is 21.9 Å². The van der Waals surface area contributed by atoms with Gasteiger partial charge in [-0.15, -0.1) is 0 Å². The van der Waals surface area contributed by atoms with Crippen LogP contribution in [0.5, 0.6) is 0 Å². The first kappa shape index (κ1) is 29.9. The normalized spacial score (nSPS) is 12.2. The first-order chi connectivity index (χ1) is 16.9. The maximum Gasteiger partial charge on any atom is 0.242 e. The fraction of sp³-hybridized carbons (Fsp3) is 0.440. The minimum Gasteiger partial charge on any atom is -0.354 e. The molecule has 0 spiro atoms. The van der Waals surface area contributed by atoms with Crippen LogP contribution in [-0.2, 0) is 26.2 Å². The SMILES string of the molecule is CCCCNC(=O)C(C)N(Cc1ccc(F)cc1)C(=O)CCCN(c1cc(Cl)ccc1Cl)S(C)(=O)=O. The van der Waals surface area contributed by atoms with Gasteiger partial charge in [-0.25, -0.2) is 12.8 Å². The number of amides is 2. The third kappa shape index (κ3) is 8.94. The second-order valence-corrected chi connectivity index (χ2v) is 11.3. The lowest BCUT2D eigenvalue weighted by molar-refractivity contribution is -0.140. The molecule has 11 heteroatoms. The molecular weight excluding hydrogens is 528 g/mol. The number of hydrogen-bond donors (Lipinski definition) is 1. The minimum atomic E-state index is -3.70. The lowest BCUT2D eigenvalue weighted by atomic mass is 10.1. The van der Waals surface area contributed by atoms with Crippen LogP contribution in [0, 0.1) is 5.82 Å². The number of rotatable bonds is 13. The summed E-state index contributed by atoms with van der Waals surface area (Å²) in [6.45, 7) is 4.25. The molecule has 1 atom stereocenters. The molecule has 7 nitrogen and oxygen atoms in total. The molecule has 0 saturated carbocycles. The van der Waals surface area contributed by atoms with Crippen molar-refractivity contribution >= 4 is 50.7 Å². The van der Waals surface area contributed by atoms with E-state index in [1.165, 1.54) is 29.2 Å². The quantitative estimate of drug-likeness (QED) is 0.349. The Bertz CT molecular complexity index is 1150. The van der Waals surface area contributed by atoms with Gasteiger partial charge in [0.2, 0.25) is 21.8 Å². The molecule has 1 N–H and O–H groups in total. The molecule has 2 aromatic carbocycles. The Kier molecular flexibility index (Phi) is 11.5. The van der Waals surface area contributed by atoms with Crippen LogP contribution in [0.15, 0.2) is 42.5 Å². The number of carbonyl (C=O) groups is 2. The highest BCUT2D eigenvalue weighted by Gasteiger charge is 2.27. The highest BCUT2D eigenvalue weighted by atomic mass is 35.5. The molecule has 36 heavy (non-hydrogen) atoms. The molecule has 0 aliphatic rings. The number of nitrogens with zero attached hydrogens (tertiary/aromatic N) is 2. The van der Waals surface area contributed by atoms with Gasteiger partial charge in [-0.2, -0.15) is 0 Å². The summed E-state index contributed by atoms with van der Waals surface area (Å²) in [4.78, 5) is 27.4. The molecule has 2 aromatic rings. The largest absolute Gasteiger partial charge is 0.354 e. The summed E-state index contributed by atoms with van der Waals surface area (Å²) in [7, 11) is -3.70. The van der Waals surface area contributed by atoms with Gasteiger partial charge in [0.1, 0.15) is 11.9 Å². The fourth-order valence-electron chi connectivity index (χ4n) is 3.56. The van der Waals surface area contributed by atoms with Crippen molar-refractivity contribution in [3.8, 4) is 0 Å². The average molecular weight is 561 g/mol. The van der Waals surface area contributed by atoms with Crippen LogP contribution < -0.4 is 9.62 Å². The summed E-state index contributed by atoms with van der Waals surface area (Å²) >= 11 is 12.2. The first-order valence-corrected chi connectivity index (χ1v) is 14.3. The number of benzene rings is 2. The topological polar surface area (TPSA) is 86.8 Å². The Morgan fingerprint density at radius 3 is 2.36 bits per heavy atom. The lowest BCUT2D eigenvalue weighted by Gasteiger charge is -2.29. The monoisotopic (exact) mass is 559 g/mol. The summed E-state index contributed by atoms with van der Waals surface area (Å²) in [5.74, 6) is -1.02. The molecule has 0 radical (unpaired) electrons. The number of unbranched alkanes of at least 4 members (excludes halogenated alkanes) is 1. The van der Waals surface area contributed by atoms with Gasteiger partial charge in [0.05, 0.1) is 17.0 Å². The molecule has 0 bridgehead atoms. The van der Waals surface area contributed by atoms with Crippen molar-refractivity contribution in [2.45, 2.75) is 52.1 Å². The molecule has 0 heterocycles. The number of nitrogens with one attached hydrogen (secondary N) is 1. The summed E-state index contributed by atoms with van der Waals surface area (Å²) in [5, 5.41) is 3.37. The molecule has 0 aromatic heterocycles. The van der Waals surface area contributed by atoms with Gasteiger partial charge in [0.25, 0.3) is 0 Å². The number of sulfonamides is 1. The number of halogens is 3. The molecule has 0 fully saturated rings. The Morgan fingerprint density at radius 1 is 1.08 bits per heavy atom. The summed E-state index contributed by atoms with van der Waals surface area (Å²) in [6.07, 6.45) is 2.95. The van der Waals surface area contributed by atoms with E-state index in [0.717, 1.165) is 23.4 Å². The zero-order valence-electron chi connectivity index (χ0n) is 20.6. The van der Waals surface area contributed by atoms with Crippen LogP contribution in [0.1, 0.15) is 45.1 Å².